The number of nitrogen functional groups attached to an aromatic ring is 1. The minimum absolute atomic E-state index is 0.252. The first kappa shape index (κ1) is 14.8. The number of aliphatic hydroxyl groups excluding tert-OH is 1. The topological polar surface area (TPSA) is 100 Å². The first-order valence-electron chi connectivity index (χ1n) is 6.55. The fourth-order valence-corrected chi connectivity index (χ4v) is 1.84. The van der Waals surface area contributed by atoms with E-state index in [-0.39, 0.29) is 5.91 Å². The highest BCUT2D eigenvalue weighted by atomic mass is 16.3. The SMILES string of the molecule is CNC(=O)c1cc(NCC(O)c2ccc(N)cc2)ccn1. The van der Waals surface area contributed by atoms with E-state index in [0.29, 0.717) is 17.9 Å². The number of benzene rings is 1. The average molecular weight is 286 g/mol. The van der Waals surface area contributed by atoms with Crippen molar-refractivity contribution in [2.24, 2.45) is 0 Å². The number of carbonyl (C=O) groups excluding carboxylic acids is 1. The number of rotatable bonds is 5. The van der Waals surface area contributed by atoms with Gasteiger partial charge in [-0.2, -0.15) is 0 Å². The summed E-state index contributed by atoms with van der Waals surface area (Å²) >= 11 is 0. The van der Waals surface area contributed by atoms with Crippen molar-refractivity contribution in [1.29, 1.82) is 0 Å². The lowest BCUT2D eigenvalue weighted by atomic mass is 10.1. The standard InChI is InChI=1S/C15H18N4O2/c1-17-15(21)13-8-12(6-7-18-13)19-9-14(20)10-2-4-11(16)5-3-10/h2-8,14,20H,9,16H2,1H3,(H,17,21)(H,18,19). The zero-order chi connectivity index (χ0) is 15.2. The molecule has 6 nitrogen and oxygen atoms in total. The summed E-state index contributed by atoms with van der Waals surface area (Å²) in [5, 5.41) is 15.7. The van der Waals surface area contributed by atoms with Crippen molar-refractivity contribution in [3.63, 3.8) is 0 Å². The Bertz CT molecular complexity index is 613. The molecule has 21 heavy (non-hydrogen) atoms. The molecule has 0 spiro atoms. The number of pyridine rings is 1. The number of anilines is 2. The van der Waals surface area contributed by atoms with Crippen LogP contribution in [0.1, 0.15) is 22.2 Å². The third-order valence-electron chi connectivity index (χ3n) is 3.04. The van der Waals surface area contributed by atoms with Gasteiger partial charge in [0, 0.05) is 31.2 Å². The van der Waals surface area contributed by atoms with E-state index in [4.69, 9.17) is 5.73 Å². The molecule has 0 aliphatic rings. The maximum Gasteiger partial charge on any atom is 0.269 e. The lowest BCUT2D eigenvalue weighted by molar-refractivity contribution is 0.0958. The second-order valence-electron chi connectivity index (χ2n) is 4.57. The molecule has 1 atom stereocenters. The Morgan fingerprint density at radius 3 is 2.71 bits per heavy atom. The van der Waals surface area contributed by atoms with Crippen LogP contribution in [0, 0.1) is 0 Å². The van der Waals surface area contributed by atoms with Crippen molar-refractivity contribution in [3.05, 3.63) is 53.9 Å². The van der Waals surface area contributed by atoms with E-state index >= 15 is 0 Å². The van der Waals surface area contributed by atoms with Gasteiger partial charge in [0.05, 0.1) is 6.10 Å². The number of hydrogen-bond donors (Lipinski definition) is 4. The van der Waals surface area contributed by atoms with Crippen LogP contribution < -0.4 is 16.4 Å². The molecule has 2 rings (SSSR count). The summed E-state index contributed by atoms with van der Waals surface area (Å²) in [5.41, 5.74) is 8.08. The van der Waals surface area contributed by atoms with E-state index in [1.807, 2.05) is 0 Å². The van der Waals surface area contributed by atoms with Crippen molar-refractivity contribution in [2.45, 2.75) is 6.10 Å². The molecule has 0 saturated heterocycles. The fourth-order valence-electron chi connectivity index (χ4n) is 1.84. The van der Waals surface area contributed by atoms with Gasteiger partial charge in [-0.1, -0.05) is 12.1 Å². The summed E-state index contributed by atoms with van der Waals surface area (Å²) in [6.07, 6.45) is 0.880. The number of aromatic nitrogens is 1. The molecule has 2 aromatic rings. The number of carbonyl (C=O) groups is 1. The van der Waals surface area contributed by atoms with Crippen molar-refractivity contribution >= 4 is 17.3 Å². The van der Waals surface area contributed by atoms with Gasteiger partial charge in [-0.05, 0) is 29.8 Å². The number of nitrogens with zero attached hydrogens (tertiary/aromatic N) is 1. The molecule has 0 aliphatic heterocycles. The summed E-state index contributed by atoms with van der Waals surface area (Å²) in [4.78, 5) is 15.5. The molecule has 1 amide bonds. The molecule has 0 saturated carbocycles. The molecule has 1 aromatic heterocycles. The highest BCUT2D eigenvalue weighted by Gasteiger charge is 2.09. The van der Waals surface area contributed by atoms with E-state index in [9.17, 15) is 9.90 Å². The van der Waals surface area contributed by atoms with E-state index in [1.54, 1.807) is 49.6 Å². The average Bonchev–Trinajstić information content (AvgIpc) is 2.52. The molecule has 110 valence electrons. The Balaban J connectivity index is 1.99. The molecule has 6 heteroatoms. The van der Waals surface area contributed by atoms with Crippen molar-refractivity contribution < 1.29 is 9.90 Å². The Morgan fingerprint density at radius 2 is 2.05 bits per heavy atom. The zero-order valence-electron chi connectivity index (χ0n) is 11.7. The quantitative estimate of drug-likeness (QED) is 0.618. The summed E-state index contributed by atoms with van der Waals surface area (Å²) in [5.74, 6) is -0.252. The third kappa shape index (κ3) is 3.93. The maximum absolute atomic E-state index is 11.5. The molecular weight excluding hydrogens is 268 g/mol. The minimum atomic E-state index is -0.665. The lowest BCUT2D eigenvalue weighted by Crippen LogP contribution is -2.19. The first-order valence-corrected chi connectivity index (χ1v) is 6.55. The van der Waals surface area contributed by atoms with Crippen LogP contribution in [0.25, 0.3) is 0 Å². The normalized spacial score (nSPS) is 11.7. The molecule has 0 radical (unpaired) electrons. The second kappa shape index (κ2) is 6.71. The van der Waals surface area contributed by atoms with Gasteiger partial charge >= 0.3 is 0 Å². The molecule has 0 bridgehead atoms. The third-order valence-corrected chi connectivity index (χ3v) is 3.04. The van der Waals surface area contributed by atoms with Crippen LogP contribution in [0.2, 0.25) is 0 Å². The van der Waals surface area contributed by atoms with Gasteiger partial charge in [-0.15, -0.1) is 0 Å². The summed E-state index contributed by atoms with van der Waals surface area (Å²) in [7, 11) is 1.55. The van der Waals surface area contributed by atoms with Crippen LogP contribution in [-0.2, 0) is 0 Å². The van der Waals surface area contributed by atoms with Crippen molar-refractivity contribution in [2.75, 3.05) is 24.6 Å². The van der Waals surface area contributed by atoms with E-state index in [0.717, 1.165) is 11.3 Å². The van der Waals surface area contributed by atoms with Gasteiger partial charge in [-0.25, -0.2) is 0 Å². The second-order valence-corrected chi connectivity index (χ2v) is 4.57. The Kier molecular flexibility index (Phi) is 4.73. The Hall–Kier alpha value is -2.60. The molecule has 0 aliphatic carbocycles. The maximum atomic E-state index is 11.5. The highest BCUT2D eigenvalue weighted by molar-refractivity contribution is 5.92. The molecule has 1 heterocycles. The van der Waals surface area contributed by atoms with Crippen molar-refractivity contribution in [3.8, 4) is 0 Å². The van der Waals surface area contributed by atoms with E-state index < -0.39 is 6.10 Å². The molecule has 0 fully saturated rings. The lowest BCUT2D eigenvalue weighted by Gasteiger charge is -2.13. The van der Waals surface area contributed by atoms with Gasteiger partial charge < -0.3 is 21.5 Å². The molecule has 1 unspecified atom stereocenters. The number of aliphatic hydroxyl groups is 1. The summed E-state index contributed by atoms with van der Waals surface area (Å²) < 4.78 is 0. The summed E-state index contributed by atoms with van der Waals surface area (Å²) in [6, 6.07) is 10.4. The van der Waals surface area contributed by atoms with Crippen LogP contribution in [0.3, 0.4) is 0 Å². The fraction of sp³-hybridized carbons (Fsp3) is 0.200. The molecule has 1 aromatic carbocycles. The van der Waals surface area contributed by atoms with Crippen LogP contribution in [-0.4, -0.2) is 29.6 Å². The number of nitrogens with two attached hydrogens (primary N) is 1. The van der Waals surface area contributed by atoms with Gasteiger partial charge in [-0.3, -0.25) is 9.78 Å². The van der Waals surface area contributed by atoms with Gasteiger partial charge in [0.25, 0.3) is 5.91 Å². The smallest absolute Gasteiger partial charge is 0.269 e. The van der Waals surface area contributed by atoms with E-state index in [2.05, 4.69) is 15.6 Å². The van der Waals surface area contributed by atoms with Crippen LogP contribution in [0.4, 0.5) is 11.4 Å². The molecular formula is C15H18N4O2. The molecule has 5 N–H and O–H groups in total. The Morgan fingerprint density at radius 1 is 1.33 bits per heavy atom. The first-order chi connectivity index (χ1) is 10.1. The predicted molar refractivity (Wildman–Crippen MR) is 81.9 cm³/mol. The highest BCUT2D eigenvalue weighted by Crippen LogP contribution is 2.16. The number of nitrogens with one attached hydrogen (secondary N) is 2. The summed E-state index contributed by atoms with van der Waals surface area (Å²) in [6.45, 7) is 0.321. The van der Waals surface area contributed by atoms with Gasteiger partial charge in [0.2, 0.25) is 0 Å². The zero-order valence-corrected chi connectivity index (χ0v) is 11.7. The van der Waals surface area contributed by atoms with Crippen molar-refractivity contribution in [1.82, 2.24) is 10.3 Å². The van der Waals surface area contributed by atoms with Crippen LogP contribution in [0.5, 0.6) is 0 Å². The van der Waals surface area contributed by atoms with Gasteiger partial charge in [0.1, 0.15) is 5.69 Å². The largest absolute Gasteiger partial charge is 0.399 e. The number of hydrogen-bond acceptors (Lipinski definition) is 5. The van der Waals surface area contributed by atoms with E-state index in [1.165, 1.54) is 0 Å². The monoisotopic (exact) mass is 286 g/mol. The Labute approximate surface area is 123 Å². The van der Waals surface area contributed by atoms with Crippen LogP contribution >= 0.6 is 0 Å². The predicted octanol–water partition coefficient (Wildman–Crippen LogP) is 1.17. The minimum Gasteiger partial charge on any atom is -0.399 e. The van der Waals surface area contributed by atoms with Crippen LogP contribution in [0.15, 0.2) is 42.6 Å². The van der Waals surface area contributed by atoms with Gasteiger partial charge in [0.15, 0.2) is 0 Å². The number of amides is 1.